The van der Waals surface area contributed by atoms with Crippen LogP contribution in [0.15, 0.2) is 12.7 Å². The van der Waals surface area contributed by atoms with E-state index in [1.54, 1.807) is 0 Å². The monoisotopic (exact) mass is 251 g/mol. The highest BCUT2D eigenvalue weighted by Crippen LogP contribution is 2.17. The summed E-state index contributed by atoms with van der Waals surface area (Å²) in [5.74, 6) is 0. The molecule has 0 amide bonds. The van der Waals surface area contributed by atoms with Gasteiger partial charge in [-0.2, -0.15) is 0 Å². The Bertz CT molecular complexity index is 188. The predicted octanol–water partition coefficient (Wildman–Crippen LogP) is 5.21. The van der Waals surface area contributed by atoms with Gasteiger partial charge in [0.25, 0.3) is 0 Å². The van der Waals surface area contributed by atoms with Crippen molar-refractivity contribution in [3.05, 3.63) is 12.7 Å². The number of hydrogen-bond acceptors (Lipinski definition) is 1. The summed E-state index contributed by atoms with van der Waals surface area (Å²) in [6.07, 6.45) is 18.9. The molecule has 0 aliphatic heterocycles. The van der Waals surface area contributed by atoms with E-state index in [1.165, 1.54) is 70.6 Å². The van der Waals surface area contributed by atoms with E-state index in [2.05, 4.69) is 18.8 Å². The van der Waals surface area contributed by atoms with Gasteiger partial charge < -0.3 is 5.32 Å². The fraction of sp³-hybridized carbons (Fsp3) is 0.882. The number of nitrogens with one attached hydrogen (secondary N) is 1. The smallest absolute Gasteiger partial charge is 0.00757 e. The van der Waals surface area contributed by atoms with Crippen LogP contribution in [-0.2, 0) is 0 Å². The second-order valence-electron chi connectivity index (χ2n) is 6.05. The van der Waals surface area contributed by atoms with E-state index in [9.17, 15) is 0 Å². The number of rotatable bonds is 4. The Labute approximate surface area is 114 Å². The first-order chi connectivity index (χ1) is 8.83. The zero-order valence-electron chi connectivity index (χ0n) is 12.4. The van der Waals surface area contributed by atoms with Gasteiger partial charge >= 0.3 is 0 Å². The second-order valence-corrected chi connectivity index (χ2v) is 6.05. The minimum absolute atomic E-state index is 0.598. The molecule has 0 aromatic heterocycles. The summed E-state index contributed by atoms with van der Waals surface area (Å²) in [6.45, 7) is 6.13. The van der Waals surface area contributed by atoms with Gasteiger partial charge in [-0.05, 0) is 26.2 Å². The van der Waals surface area contributed by atoms with Gasteiger partial charge in [-0.3, -0.25) is 0 Å². The first-order valence-corrected chi connectivity index (χ1v) is 8.20. The van der Waals surface area contributed by atoms with Crippen molar-refractivity contribution in [2.24, 2.45) is 0 Å². The molecule has 0 aromatic rings. The molecule has 0 saturated heterocycles. The van der Waals surface area contributed by atoms with Gasteiger partial charge in [-0.25, -0.2) is 0 Å². The van der Waals surface area contributed by atoms with Crippen molar-refractivity contribution in [2.45, 2.75) is 96.1 Å². The summed E-state index contributed by atoms with van der Waals surface area (Å²) in [6, 6.07) is 1.35. The molecule has 1 aliphatic rings. The van der Waals surface area contributed by atoms with Crippen LogP contribution in [0.4, 0.5) is 0 Å². The Morgan fingerprint density at radius 2 is 1.39 bits per heavy atom. The molecule has 1 unspecified atom stereocenters. The minimum atomic E-state index is 0.598. The van der Waals surface area contributed by atoms with Gasteiger partial charge in [0.05, 0.1) is 0 Å². The molecule has 0 spiro atoms. The van der Waals surface area contributed by atoms with Crippen LogP contribution in [0.3, 0.4) is 0 Å². The van der Waals surface area contributed by atoms with Crippen molar-refractivity contribution in [1.82, 2.24) is 5.32 Å². The maximum Gasteiger partial charge on any atom is 0.00757 e. The van der Waals surface area contributed by atoms with Crippen molar-refractivity contribution in [3.8, 4) is 0 Å². The first-order valence-electron chi connectivity index (χ1n) is 8.20. The van der Waals surface area contributed by atoms with Crippen LogP contribution < -0.4 is 5.32 Å². The van der Waals surface area contributed by atoms with E-state index < -0.39 is 0 Å². The molecule has 1 nitrogen and oxygen atoms in total. The third-order valence-corrected chi connectivity index (χ3v) is 4.15. The van der Waals surface area contributed by atoms with Crippen LogP contribution in [0.1, 0.15) is 84.0 Å². The summed E-state index contributed by atoms with van der Waals surface area (Å²) >= 11 is 0. The summed E-state index contributed by atoms with van der Waals surface area (Å²) in [4.78, 5) is 0. The fourth-order valence-electron chi connectivity index (χ4n) is 3.05. The predicted molar refractivity (Wildman–Crippen MR) is 82.0 cm³/mol. The Balaban J connectivity index is 2.29. The average Bonchev–Trinajstić information content (AvgIpc) is 2.33. The van der Waals surface area contributed by atoms with E-state index in [0.29, 0.717) is 6.04 Å². The van der Waals surface area contributed by atoms with Gasteiger partial charge in [0, 0.05) is 12.1 Å². The van der Waals surface area contributed by atoms with E-state index in [4.69, 9.17) is 0 Å². The maximum absolute atomic E-state index is 3.84. The standard InChI is InChI=1S/C17H33N/c1-3-13-16(2)18-17-14-11-9-7-5-4-6-8-10-12-15-17/h3,16-18H,1,4-15H2,2H3. The summed E-state index contributed by atoms with van der Waals surface area (Å²) in [5.41, 5.74) is 0. The fourth-order valence-corrected chi connectivity index (χ4v) is 3.05. The van der Waals surface area contributed by atoms with Crippen LogP contribution >= 0.6 is 0 Å². The molecule has 0 bridgehead atoms. The normalized spacial score (nSPS) is 22.7. The number of hydrogen-bond donors (Lipinski definition) is 1. The molecule has 1 fully saturated rings. The second kappa shape index (κ2) is 10.6. The Morgan fingerprint density at radius 3 is 1.83 bits per heavy atom. The molecule has 1 atom stereocenters. The SMILES string of the molecule is C=CCC(C)NC1CCCCCCCCCCC1. The zero-order chi connectivity index (χ0) is 13.1. The quantitative estimate of drug-likeness (QED) is 0.676. The van der Waals surface area contributed by atoms with Crippen molar-refractivity contribution >= 4 is 0 Å². The minimum Gasteiger partial charge on any atom is -0.311 e. The summed E-state index contributed by atoms with van der Waals surface area (Å²) < 4.78 is 0. The Morgan fingerprint density at radius 1 is 0.944 bits per heavy atom. The largest absolute Gasteiger partial charge is 0.311 e. The summed E-state index contributed by atoms with van der Waals surface area (Å²) in [5, 5.41) is 3.80. The van der Waals surface area contributed by atoms with Crippen LogP contribution in [-0.4, -0.2) is 12.1 Å². The lowest BCUT2D eigenvalue weighted by molar-refractivity contribution is 0.372. The Kier molecular flexibility index (Phi) is 9.28. The van der Waals surface area contributed by atoms with Gasteiger partial charge in [-0.15, -0.1) is 6.58 Å². The van der Waals surface area contributed by atoms with E-state index in [1.807, 2.05) is 6.08 Å². The molecule has 1 N–H and O–H groups in total. The Hall–Kier alpha value is -0.300. The topological polar surface area (TPSA) is 12.0 Å². The van der Waals surface area contributed by atoms with Gasteiger partial charge in [0.2, 0.25) is 0 Å². The molecule has 1 saturated carbocycles. The molecule has 1 heteroatoms. The lowest BCUT2D eigenvalue weighted by Crippen LogP contribution is -2.36. The molecular formula is C17H33N. The molecule has 0 heterocycles. The van der Waals surface area contributed by atoms with Gasteiger partial charge in [0.15, 0.2) is 0 Å². The van der Waals surface area contributed by atoms with Crippen LogP contribution in [0, 0.1) is 0 Å². The van der Waals surface area contributed by atoms with Crippen molar-refractivity contribution in [3.63, 3.8) is 0 Å². The zero-order valence-corrected chi connectivity index (χ0v) is 12.4. The first kappa shape index (κ1) is 15.8. The highest BCUT2D eigenvalue weighted by Gasteiger charge is 2.11. The van der Waals surface area contributed by atoms with E-state index in [0.717, 1.165) is 12.5 Å². The van der Waals surface area contributed by atoms with E-state index in [-0.39, 0.29) is 0 Å². The highest BCUT2D eigenvalue weighted by atomic mass is 14.9. The molecular weight excluding hydrogens is 218 g/mol. The lowest BCUT2D eigenvalue weighted by atomic mass is 9.97. The molecule has 1 aliphatic carbocycles. The van der Waals surface area contributed by atoms with Crippen molar-refractivity contribution in [2.75, 3.05) is 0 Å². The highest BCUT2D eigenvalue weighted by molar-refractivity contribution is 4.78. The van der Waals surface area contributed by atoms with Crippen LogP contribution in [0.5, 0.6) is 0 Å². The van der Waals surface area contributed by atoms with Gasteiger partial charge in [0.1, 0.15) is 0 Å². The maximum atomic E-state index is 3.84. The van der Waals surface area contributed by atoms with Crippen molar-refractivity contribution in [1.29, 1.82) is 0 Å². The molecule has 106 valence electrons. The molecule has 0 radical (unpaired) electrons. The average molecular weight is 251 g/mol. The van der Waals surface area contributed by atoms with Crippen molar-refractivity contribution < 1.29 is 0 Å². The lowest BCUT2D eigenvalue weighted by Gasteiger charge is -2.23. The third-order valence-electron chi connectivity index (χ3n) is 4.15. The molecule has 0 aromatic carbocycles. The molecule has 18 heavy (non-hydrogen) atoms. The molecule has 1 rings (SSSR count). The van der Waals surface area contributed by atoms with Crippen LogP contribution in [0.25, 0.3) is 0 Å². The van der Waals surface area contributed by atoms with Gasteiger partial charge in [-0.1, -0.05) is 63.9 Å². The van der Waals surface area contributed by atoms with Crippen LogP contribution in [0.2, 0.25) is 0 Å². The van der Waals surface area contributed by atoms with E-state index >= 15 is 0 Å². The third kappa shape index (κ3) is 7.92. The summed E-state index contributed by atoms with van der Waals surface area (Å²) in [7, 11) is 0.